The minimum absolute atomic E-state index is 0.0317. The quantitative estimate of drug-likeness (QED) is 0.278. The number of benzene rings is 1. The van der Waals surface area contributed by atoms with Crippen LogP contribution in [0.2, 0.25) is 0 Å². The van der Waals surface area contributed by atoms with E-state index in [9.17, 15) is 41.4 Å². The van der Waals surface area contributed by atoms with Crippen molar-refractivity contribution in [2.45, 2.75) is 50.5 Å². The van der Waals surface area contributed by atoms with Crippen molar-refractivity contribution in [2.24, 2.45) is 11.8 Å². The van der Waals surface area contributed by atoms with Crippen LogP contribution in [-0.4, -0.2) is 55.4 Å². The maximum atomic E-state index is 12.8. The summed E-state index contributed by atoms with van der Waals surface area (Å²) in [5.41, 5.74) is -0.870. The fourth-order valence-electron chi connectivity index (χ4n) is 3.78. The molecule has 0 radical (unpaired) electrons. The van der Waals surface area contributed by atoms with Gasteiger partial charge in [-0.05, 0) is 37.5 Å². The van der Waals surface area contributed by atoms with Crippen LogP contribution in [0.25, 0.3) is 0 Å². The number of amides is 1. The molecule has 1 amide bonds. The summed E-state index contributed by atoms with van der Waals surface area (Å²) in [5, 5.41) is 20.4. The maximum absolute atomic E-state index is 12.8. The van der Waals surface area contributed by atoms with E-state index in [1.165, 1.54) is 24.3 Å². The zero-order valence-corrected chi connectivity index (χ0v) is 20.5. The Morgan fingerprint density at radius 1 is 1.31 bits per heavy atom. The predicted molar refractivity (Wildman–Crippen MR) is 125 cm³/mol. The molecule has 3 N–H and O–H groups in total. The number of aliphatic hydroxyl groups excluding tert-OH is 2. The number of allylic oxidation sites excluding steroid dienone is 2. The third kappa shape index (κ3) is 10.1. The summed E-state index contributed by atoms with van der Waals surface area (Å²) in [6.45, 7) is -0.313. The second-order valence-electron chi connectivity index (χ2n) is 8.61. The van der Waals surface area contributed by atoms with Crippen molar-refractivity contribution < 1.29 is 46.1 Å². The van der Waals surface area contributed by atoms with Crippen molar-refractivity contribution in [3.63, 3.8) is 0 Å². The lowest BCUT2D eigenvalue weighted by Gasteiger charge is -2.17. The number of carbonyl (C=O) groups excluding carboxylic acids is 2. The highest BCUT2D eigenvalue weighted by molar-refractivity contribution is 7.89. The molecule has 1 fully saturated rings. The van der Waals surface area contributed by atoms with Crippen molar-refractivity contribution in [1.29, 1.82) is 0 Å². The van der Waals surface area contributed by atoms with Gasteiger partial charge in [0.1, 0.15) is 24.2 Å². The van der Waals surface area contributed by atoms with Gasteiger partial charge >= 0.3 is 6.18 Å². The molecular formula is C24H30F3NO7S. The molecular weight excluding hydrogens is 503 g/mol. The molecule has 4 atom stereocenters. The topological polar surface area (TPSA) is 130 Å². The number of unbranched alkanes of at least 4 members (excludes halogenated alkanes) is 1. The average Bonchev–Trinajstić information content (AvgIpc) is 3.03. The van der Waals surface area contributed by atoms with Crippen molar-refractivity contribution in [3.05, 3.63) is 54.1 Å². The molecule has 8 nitrogen and oxygen atoms in total. The Hall–Kier alpha value is -2.70. The molecule has 1 unspecified atom stereocenters. The first kappa shape index (κ1) is 29.5. The lowest BCUT2D eigenvalue weighted by Crippen LogP contribution is -2.28. The number of halogens is 3. The number of Topliss-reactive ketones (excluding diaryl/α,β-unsaturated/α-hetero) is 1. The summed E-state index contributed by atoms with van der Waals surface area (Å²) < 4.78 is 67.5. The first-order valence-electron chi connectivity index (χ1n) is 11.3. The van der Waals surface area contributed by atoms with Crippen LogP contribution in [0, 0.1) is 11.8 Å². The SMILES string of the molecule is CS(=O)(=O)NC(=O)CCC/C=C\C[C@H]1C(=O)C[C@@H](O)C1/C=C/[C@@H](O)COc1cccc(C(F)(F)F)c1. The first-order valence-corrected chi connectivity index (χ1v) is 13.2. The Morgan fingerprint density at radius 2 is 2.03 bits per heavy atom. The summed E-state index contributed by atoms with van der Waals surface area (Å²) in [5.74, 6) is -1.85. The standard InChI is InChI=1S/C24H30F3NO7S/c1-36(33,34)28-23(32)10-5-3-2-4-9-19-20(22(31)14-21(19)30)12-11-17(29)15-35-18-8-6-7-16(13-18)24(25,26)27/h2,4,6-8,11-13,17,19-20,22,29,31H,3,5,9-10,14-15H2,1H3,(H,28,32)/b4-2-,12-11+/t17-,19-,20?,22-/m1/s1. The summed E-state index contributed by atoms with van der Waals surface area (Å²) in [6.07, 6.45) is 1.91. The van der Waals surface area contributed by atoms with Crippen LogP contribution in [0.1, 0.15) is 37.7 Å². The number of aliphatic hydroxyl groups is 2. The number of rotatable bonds is 12. The first-order chi connectivity index (χ1) is 16.8. The highest BCUT2D eigenvalue weighted by atomic mass is 32.2. The van der Waals surface area contributed by atoms with Crippen LogP contribution in [0.3, 0.4) is 0 Å². The molecule has 12 heteroatoms. The third-order valence-corrected chi connectivity index (χ3v) is 6.10. The Bertz CT molecular complexity index is 1070. The van der Waals surface area contributed by atoms with E-state index < -0.39 is 51.7 Å². The van der Waals surface area contributed by atoms with Gasteiger partial charge in [0.05, 0.1) is 17.9 Å². The molecule has 0 aromatic heterocycles. The van der Waals surface area contributed by atoms with E-state index in [4.69, 9.17) is 4.74 Å². The highest BCUT2D eigenvalue weighted by Gasteiger charge is 2.39. The molecule has 200 valence electrons. The number of ketones is 1. The number of ether oxygens (including phenoxy) is 1. The number of hydrogen-bond acceptors (Lipinski definition) is 7. The van der Waals surface area contributed by atoms with Crippen LogP contribution < -0.4 is 9.46 Å². The van der Waals surface area contributed by atoms with Crippen molar-refractivity contribution in [2.75, 3.05) is 12.9 Å². The van der Waals surface area contributed by atoms with E-state index in [2.05, 4.69) is 0 Å². The van der Waals surface area contributed by atoms with Crippen molar-refractivity contribution in [3.8, 4) is 5.75 Å². The lowest BCUT2D eigenvalue weighted by molar-refractivity contribution is -0.137. The molecule has 0 heterocycles. The molecule has 1 aromatic rings. The smallest absolute Gasteiger partial charge is 0.416 e. The number of carbonyl (C=O) groups is 2. The normalized spacial score (nSPS) is 21.8. The van der Waals surface area contributed by atoms with Gasteiger partial charge in [-0.2, -0.15) is 13.2 Å². The minimum atomic E-state index is -4.51. The molecule has 1 saturated carbocycles. The zero-order valence-electron chi connectivity index (χ0n) is 19.6. The van der Waals surface area contributed by atoms with E-state index in [1.54, 1.807) is 12.2 Å². The number of nitrogens with one attached hydrogen (secondary N) is 1. The summed E-state index contributed by atoms with van der Waals surface area (Å²) in [6, 6.07) is 4.28. The molecule has 1 aliphatic rings. The Kier molecular flexibility index (Phi) is 10.7. The van der Waals surface area contributed by atoms with Gasteiger partial charge in [-0.15, -0.1) is 0 Å². The van der Waals surface area contributed by atoms with Crippen LogP contribution in [0.4, 0.5) is 13.2 Å². The highest BCUT2D eigenvalue weighted by Crippen LogP contribution is 2.34. The molecule has 0 aliphatic heterocycles. The van der Waals surface area contributed by atoms with Crippen molar-refractivity contribution >= 4 is 21.7 Å². The number of alkyl halides is 3. The fourth-order valence-corrected chi connectivity index (χ4v) is 4.30. The predicted octanol–water partition coefficient (Wildman–Crippen LogP) is 2.76. The second-order valence-corrected chi connectivity index (χ2v) is 10.4. The van der Waals surface area contributed by atoms with E-state index in [0.29, 0.717) is 19.3 Å². The number of sulfonamides is 1. The minimum Gasteiger partial charge on any atom is -0.491 e. The molecule has 2 rings (SSSR count). The molecule has 36 heavy (non-hydrogen) atoms. The number of hydrogen-bond donors (Lipinski definition) is 3. The molecule has 1 aromatic carbocycles. The van der Waals surface area contributed by atoms with Crippen LogP contribution in [0.5, 0.6) is 5.75 Å². The van der Waals surface area contributed by atoms with Gasteiger partial charge in [0.25, 0.3) is 0 Å². The molecule has 0 bridgehead atoms. The van der Waals surface area contributed by atoms with E-state index >= 15 is 0 Å². The monoisotopic (exact) mass is 533 g/mol. The molecule has 0 spiro atoms. The van der Waals surface area contributed by atoms with E-state index in [-0.39, 0.29) is 31.0 Å². The van der Waals surface area contributed by atoms with Gasteiger partial charge in [-0.1, -0.05) is 30.4 Å². The molecule has 0 saturated heterocycles. The van der Waals surface area contributed by atoms with Crippen LogP contribution in [-0.2, 0) is 25.8 Å². The second kappa shape index (κ2) is 13.0. The Labute approximate surface area is 207 Å². The summed E-state index contributed by atoms with van der Waals surface area (Å²) in [4.78, 5) is 23.8. The van der Waals surface area contributed by atoms with Gasteiger partial charge in [-0.25, -0.2) is 8.42 Å². The van der Waals surface area contributed by atoms with Gasteiger partial charge in [-0.3, -0.25) is 14.3 Å². The van der Waals surface area contributed by atoms with E-state index in [1.807, 2.05) is 4.72 Å². The third-order valence-electron chi connectivity index (χ3n) is 5.50. The molecule has 1 aliphatic carbocycles. The van der Waals surface area contributed by atoms with Gasteiger partial charge < -0.3 is 14.9 Å². The lowest BCUT2D eigenvalue weighted by atomic mass is 9.90. The van der Waals surface area contributed by atoms with Crippen LogP contribution >= 0.6 is 0 Å². The van der Waals surface area contributed by atoms with Gasteiger partial charge in [0.15, 0.2) is 0 Å². The van der Waals surface area contributed by atoms with Gasteiger partial charge in [0.2, 0.25) is 15.9 Å². The van der Waals surface area contributed by atoms with Crippen molar-refractivity contribution in [1.82, 2.24) is 4.72 Å². The fraction of sp³-hybridized carbons (Fsp3) is 0.500. The zero-order chi connectivity index (χ0) is 26.9. The Balaban J connectivity index is 1.83. The summed E-state index contributed by atoms with van der Waals surface area (Å²) in [7, 11) is -3.59. The summed E-state index contributed by atoms with van der Waals surface area (Å²) >= 11 is 0. The van der Waals surface area contributed by atoms with Gasteiger partial charge in [0, 0.05) is 24.7 Å². The maximum Gasteiger partial charge on any atom is 0.416 e. The Morgan fingerprint density at radius 3 is 2.69 bits per heavy atom. The van der Waals surface area contributed by atoms with E-state index in [0.717, 1.165) is 18.4 Å². The van der Waals surface area contributed by atoms with Crippen LogP contribution in [0.15, 0.2) is 48.6 Å². The largest absolute Gasteiger partial charge is 0.491 e. The average molecular weight is 534 g/mol.